The van der Waals surface area contributed by atoms with Crippen LogP contribution in [0, 0.1) is 0 Å². The summed E-state index contributed by atoms with van der Waals surface area (Å²) in [6.07, 6.45) is 0.236. The predicted octanol–water partition coefficient (Wildman–Crippen LogP) is 3.18. The topological polar surface area (TPSA) is 67.4 Å². The van der Waals surface area contributed by atoms with E-state index in [1.807, 2.05) is 72.1 Å². The molecule has 2 aromatic carbocycles. The van der Waals surface area contributed by atoms with Crippen LogP contribution in [0.25, 0.3) is 11.1 Å². The Morgan fingerprint density at radius 1 is 0.808 bits per heavy atom. The number of hydrazine groups is 1. The molecule has 132 valence electrons. The molecule has 0 saturated carbocycles. The van der Waals surface area contributed by atoms with Gasteiger partial charge in [-0.25, -0.2) is 0 Å². The second-order valence-electron chi connectivity index (χ2n) is 5.53. The molecule has 0 aliphatic rings. The van der Waals surface area contributed by atoms with E-state index < -0.39 is 5.91 Å². The van der Waals surface area contributed by atoms with Crippen LogP contribution >= 0.6 is 11.3 Å². The second-order valence-corrected chi connectivity index (χ2v) is 6.56. The van der Waals surface area contributed by atoms with Crippen molar-refractivity contribution in [3.8, 4) is 16.9 Å². The van der Waals surface area contributed by atoms with E-state index in [-0.39, 0.29) is 18.9 Å². The number of ether oxygens (including phenoxy) is 1. The van der Waals surface area contributed by atoms with Gasteiger partial charge in [0.05, 0.1) is 6.42 Å². The molecule has 0 saturated heterocycles. The zero-order valence-corrected chi connectivity index (χ0v) is 14.8. The first-order valence-corrected chi connectivity index (χ1v) is 8.97. The van der Waals surface area contributed by atoms with Crippen LogP contribution in [0.15, 0.2) is 72.1 Å². The van der Waals surface area contributed by atoms with Gasteiger partial charge in [-0.1, -0.05) is 48.5 Å². The molecule has 0 unspecified atom stereocenters. The number of hydrogen-bond acceptors (Lipinski definition) is 4. The summed E-state index contributed by atoms with van der Waals surface area (Å²) in [4.78, 5) is 24.4. The van der Waals surface area contributed by atoms with Crippen molar-refractivity contribution in [3.05, 3.63) is 77.0 Å². The molecule has 6 heteroatoms. The molecule has 1 heterocycles. The van der Waals surface area contributed by atoms with Gasteiger partial charge >= 0.3 is 0 Å². The number of benzene rings is 2. The molecule has 2 N–H and O–H groups in total. The molecule has 5 nitrogen and oxygen atoms in total. The van der Waals surface area contributed by atoms with E-state index in [0.717, 1.165) is 16.0 Å². The molecule has 0 bridgehead atoms. The van der Waals surface area contributed by atoms with Crippen molar-refractivity contribution >= 4 is 23.2 Å². The Morgan fingerprint density at radius 2 is 1.50 bits per heavy atom. The van der Waals surface area contributed by atoms with Crippen molar-refractivity contribution in [2.24, 2.45) is 0 Å². The highest BCUT2D eigenvalue weighted by Gasteiger charge is 2.07. The average Bonchev–Trinajstić information content (AvgIpc) is 3.19. The van der Waals surface area contributed by atoms with E-state index in [1.54, 1.807) is 0 Å². The summed E-state index contributed by atoms with van der Waals surface area (Å²) >= 11 is 1.49. The highest BCUT2D eigenvalue weighted by atomic mass is 32.1. The second kappa shape index (κ2) is 8.82. The van der Waals surface area contributed by atoms with Gasteiger partial charge < -0.3 is 4.74 Å². The smallest absolute Gasteiger partial charge is 0.276 e. The number of hydrogen-bond donors (Lipinski definition) is 2. The van der Waals surface area contributed by atoms with Crippen LogP contribution in [0.2, 0.25) is 0 Å². The Morgan fingerprint density at radius 3 is 2.19 bits per heavy atom. The summed E-state index contributed by atoms with van der Waals surface area (Å²) in [5.41, 5.74) is 6.91. The van der Waals surface area contributed by atoms with Gasteiger partial charge in [0.15, 0.2) is 6.61 Å². The van der Waals surface area contributed by atoms with Crippen molar-refractivity contribution in [1.29, 1.82) is 0 Å². The highest BCUT2D eigenvalue weighted by Crippen LogP contribution is 2.21. The summed E-state index contributed by atoms with van der Waals surface area (Å²) in [7, 11) is 0. The van der Waals surface area contributed by atoms with Gasteiger partial charge in [0.25, 0.3) is 5.91 Å². The van der Waals surface area contributed by atoms with Crippen molar-refractivity contribution in [2.45, 2.75) is 6.42 Å². The standard InChI is InChI=1S/C20H18N2O3S/c23-19(13-18-7-4-12-26-18)21-22-20(24)14-25-17-10-8-16(9-11-17)15-5-2-1-3-6-15/h1-12H,13-14H2,(H,21,23)(H,22,24). The van der Waals surface area contributed by atoms with Gasteiger partial charge in [0, 0.05) is 4.88 Å². The minimum atomic E-state index is -0.420. The molecule has 0 radical (unpaired) electrons. The van der Waals surface area contributed by atoms with E-state index in [1.165, 1.54) is 11.3 Å². The zero-order valence-electron chi connectivity index (χ0n) is 14.0. The number of thiophene rings is 1. The fourth-order valence-electron chi connectivity index (χ4n) is 2.31. The third-order valence-corrected chi connectivity index (χ3v) is 4.46. The number of rotatable bonds is 6. The summed E-state index contributed by atoms with van der Waals surface area (Å²) < 4.78 is 5.44. The average molecular weight is 366 g/mol. The highest BCUT2D eigenvalue weighted by molar-refractivity contribution is 7.10. The maximum absolute atomic E-state index is 11.8. The lowest BCUT2D eigenvalue weighted by Crippen LogP contribution is -2.44. The van der Waals surface area contributed by atoms with Crippen molar-refractivity contribution in [1.82, 2.24) is 10.9 Å². The summed E-state index contributed by atoms with van der Waals surface area (Å²) in [5, 5.41) is 1.90. The molecule has 0 aliphatic carbocycles. The molecule has 0 atom stereocenters. The summed E-state index contributed by atoms with van der Waals surface area (Å²) in [5.74, 6) is -0.102. The Labute approximate surface area is 155 Å². The van der Waals surface area contributed by atoms with Crippen LogP contribution in [0.3, 0.4) is 0 Å². The molecule has 0 aliphatic heterocycles. The van der Waals surface area contributed by atoms with Gasteiger partial charge in [-0.3, -0.25) is 20.4 Å². The molecule has 0 fully saturated rings. The van der Waals surface area contributed by atoms with Gasteiger partial charge in [-0.05, 0) is 34.7 Å². The molecule has 26 heavy (non-hydrogen) atoms. The lowest BCUT2D eigenvalue weighted by molar-refractivity contribution is -0.129. The maximum Gasteiger partial charge on any atom is 0.276 e. The van der Waals surface area contributed by atoms with Crippen molar-refractivity contribution in [3.63, 3.8) is 0 Å². The van der Waals surface area contributed by atoms with E-state index in [2.05, 4.69) is 10.9 Å². The Hall–Kier alpha value is -3.12. The molecular formula is C20H18N2O3S. The number of amides is 2. The van der Waals surface area contributed by atoms with Gasteiger partial charge in [-0.15, -0.1) is 11.3 Å². The molecule has 3 rings (SSSR count). The minimum absolute atomic E-state index is 0.177. The Balaban J connectivity index is 1.42. The summed E-state index contributed by atoms with van der Waals surface area (Å²) in [6, 6.07) is 21.2. The number of carbonyl (C=O) groups excluding carboxylic acids is 2. The Kier molecular flexibility index (Phi) is 6.01. The lowest BCUT2D eigenvalue weighted by atomic mass is 10.1. The first kappa shape index (κ1) is 17.7. The number of carbonyl (C=O) groups is 2. The first-order chi connectivity index (χ1) is 12.7. The summed E-state index contributed by atoms with van der Waals surface area (Å²) in [6.45, 7) is -0.177. The Bertz CT molecular complexity index is 847. The third kappa shape index (κ3) is 5.19. The first-order valence-electron chi connectivity index (χ1n) is 8.09. The molecule has 0 spiro atoms. The lowest BCUT2D eigenvalue weighted by Gasteiger charge is -2.09. The molecule has 2 amide bonds. The van der Waals surface area contributed by atoms with Crippen LogP contribution in [-0.4, -0.2) is 18.4 Å². The van der Waals surface area contributed by atoms with Crippen LogP contribution < -0.4 is 15.6 Å². The minimum Gasteiger partial charge on any atom is -0.484 e. The van der Waals surface area contributed by atoms with E-state index in [9.17, 15) is 9.59 Å². The molecule has 3 aromatic rings. The molecule has 1 aromatic heterocycles. The maximum atomic E-state index is 11.8. The quantitative estimate of drug-likeness (QED) is 0.659. The molecular weight excluding hydrogens is 348 g/mol. The van der Waals surface area contributed by atoms with Crippen molar-refractivity contribution < 1.29 is 14.3 Å². The van der Waals surface area contributed by atoms with Gasteiger partial charge in [0.2, 0.25) is 5.91 Å². The van der Waals surface area contributed by atoms with Gasteiger partial charge in [0.1, 0.15) is 5.75 Å². The van der Waals surface area contributed by atoms with Crippen LogP contribution in [-0.2, 0) is 16.0 Å². The van der Waals surface area contributed by atoms with E-state index in [0.29, 0.717) is 5.75 Å². The SMILES string of the molecule is O=C(COc1ccc(-c2ccccc2)cc1)NNC(=O)Cc1cccs1. The fourth-order valence-corrected chi connectivity index (χ4v) is 3.02. The van der Waals surface area contributed by atoms with Crippen LogP contribution in [0.1, 0.15) is 4.88 Å². The van der Waals surface area contributed by atoms with Crippen LogP contribution in [0.5, 0.6) is 5.75 Å². The monoisotopic (exact) mass is 366 g/mol. The van der Waals surface area contributed by atoms with E-state index in [4.69, 9.17) is 4.74 Å². The fraction of sp³-hybridized carbons (Fsp3) is 0.100. The van der Waals surface area contributed by atoms with E-state index >= 15 is 0 Å². The largest absolute Gasteiger partial charge is 0.484 e. The number of nitrogens with one attached hydrogen (secondary N) is 2. The normalized spacial score (nSPS) is 10.2. The zero-order chi connectivity index (χ0) is 18.2. The van der Waals surface area contributed by atoms with Gasteiger partial charge in [-0.2, -0.15) is 0 Å². The van der Waals surface area contributed by atoms with Crippen LogP contribution in [0.4, 0.5) is 0 Å². The third-order valence-electron chi connectivity index (χ3n) is 3.59. The van der Waals surface area contributed by atoms with Crippen molar-refractivity contribution in [2.75, 3.05) is 6.61 Å². The predicted molar refractivity (Wildman–Crippen MR) is 102 cm³/mol.